The van der Waals surface area contributed by atoms with Gasteiger partial charge >= 0.3 is 6.09 Å². The Bertz CT molecular complexity index is 179. The van der Waals surface area contributed by atoms with Crippen LogP contribution < -0.4 is 11.1 Å². The maximum Gasteiger partial charge on any atom is 0.407 e. The van der Waals surface area contributed by atoms with E-state index < -0.39 is 18.0 Å². The lowest BCUT2D eigenvalue weighted by Crippen LogP contribution is -2.44. The van der Waals surface area contributed by atoms with E-state index in [1.54, 1.807) is 13.8 Å². The van der Waals surface area contributed by atoms with E-state index in [1.807, 2.05) is 0 Å². The molecule has 0 aliphatic heterocycles. The van der Waals surface area contributed by atoms with Gasteiger partial charge in [0.05, 0.1) is 7.11 Å². The smallest absolute Gasteiger partial charge is 0.407 e. The summed E-state index contributed by atoms with van der Waals surface area (Å²) in [6.07, 6.45) is -0.686. The molecule has 0 fully saturated rings. The molecule has 0 rings (SSSR count). The lowest BCUT2D eigenvalue weighted by atomic mass is 10.0. The van der Waals surface area contributed by atoms with Gasteiger partial charge in [-0.25, -0.2) is 4.79 Å². The molecule has 0 saturated heterocycles. The average Bonchev–Trinajstić information content (AvgIpc) is 1.98. The second-order valence-electron chi connectivity index (χ2n) is 2.72. The third-order valence-corrected chi connectivity index (χ3v) is 1.41. The maximum absolute atomic E-state index is 10.7. The number of alkyl carbamates (subject to hydrolysis) is 1. The molecule has 69 valence electrons. The average molecular weight is 173 g/mol. The van der Waals surface area contributed by atoms with Crippen LogP contribution in [-0.2, 0) is 9.53 Å². The third-order valence-electron chi connectivity index (χ3n) is 1.41. The summed E-state index contributed by atoms with van der Waals surface area (Å²) >= 11 is 0. The van der Waals surface area contributed by atoms with Crippen LogP contribution in [0.2, 0.25) is 0 Å². The molecule has 2 amide bonds. The molecule has 1 radical (unpaired) electrons. The fourth-order valence-corrected chi connectivity index (χ4v) is 0.721. The van der Waals surface area contributed by atoms with Crippen molar-refractivity contribution in [3.8, 4) is 0 Å². The van der Waals surface area contributed by atoms with Crippen LogP contribution in [0.25, 0.3) is 0 Å². The van der Waals surface area contributed by atoms with Crippen molar-refractivity contribution in [2.24, 2.45) is 5.92 Å². The Labute approximate surface area is 71.3 Å². The van der Waals surface area contributed by atoms with Gasteiger partial charge in [-0.15, -0.1) is 0 Å². The number of amides is 2. The van der Waals surface area contributed by atoms with E-state index in [-0.39, 0.29) is 5.92 Å². The number of hydrogen-bond acceptors (Lipinski definition) is 3. The zero-order valence-electron chi connectivity index (χ0n) is 7.38. The van der Waals surface area contributed by atoms with Crippen LogP contribution in [0.1, 0.15) is 13.8 Å². The number of nitrogens with one attached hydrogen (secondary N) is 2. The van der Waals surface area contributed by atoms with Crippen molar-refractivity contribution in [3.63, 3.8) is 0 Å². The number of carbonyl (C=O) groups is 2. The minimum Gasteiger partial charge on any atom is -0.453 e. The first-order chi connectivity index (χ1) is 5.49. The van der Waals surface area contributed by atoms with Gasteiger partial charge in [-0.05, 0) is 5.92 Å². The first-order valence-corrected chi connectivity index (χ1v) is 3.59. The van der Waals surface area contributed by atoms with Crippen molar-refractivity contribution in [1.82, 2.24) is 11.1 Å². The SMILES string of the molecule is COC(=O)NC(C([NH])=O)C(C)C. The van der Waals surface area contributed by atoms with Gasteiger partial charge in [0.15, 0.2) is 0 Å². The monoisotopic (exact) mass is 173 g/mol. The number of carbonyl (C=O) groups excluding carboxylic acids is 2. The lowest BCUT2D eigenvalue weighted by Gasteiger charge is -2.16. The van der Waals surface area contributed by atoms with Crippen molar-refractivity contribution in [1.29, 1.82) is 0 Å². The van der Waals surface area contributed by atoms with Gasteiger partial charge in [-0.3, -0.25) is 10.5 Å². The third kappa shape index (κ3) is 3.23. The molecule has 0 aliphatic carbocycles. The van der Waals surface area contributed by atoms with E-state index in [9.17, 15) is 9.59 Å². The molecule has 12 heavy (non-hydrogen) atoms. The Hall–Kier alpha value is -1.26. The normalized spacial score (nSPS) is 12.3. The highest BCUT2D eigenvalue weighted by Crippen LogP contribution is 2.01. The second kappa shape index (κ2) is 4.58. The van der Waals surface area contributed by atoms with Crippen molar-refractivity contribution >= 4 is 12.0 Å². The van der Waals surface area contributed by atoms with Crippen LogP contribution in [-0.4, -0.2) is 25.2 Å². The number of hydrogen-bond donors (Lipinski definition) is 1. The number of rotatable bonds is 3. The molecule has 2 N–H and O–H groups in total. The highest BCUT2D eigenvalue weighted by molar-refractivity contribution is 5.83. The van der Waals surface area contributed by atoms with Crippen molar-refractivity contribution in [2.75, 3.05) is 7.11 Å². The molecule has 0 heterocycles. The molecule has 0 spiro atoms. The van der Waals surface area contributed by atoms with Gasteiger partial charge in [-0.2, -0.15) is 0 Å². The zero-order chi connectivity index (χ0) is 9.72. The second-order valence-corrected chi connectivity index (χ2v) is 2.72. The predicted octanol–water partition coefficient (Wildman–Crippen LogP) is 0.176. The first-order valence-electron chi connectivity index (χ1n) is 3.59. The molecule has 1 unspecified atom stereocenters. The molecule has 1 atom stereocenters. The Morgan fingerprint density at radius 1 is 1.42 bits per heavy atom. The Morgan fingerprint density at radius 3 is 2.17 bits per heavy atom. The Kier molecular flexibility index (Phi) is 4.10. The largest absolute Gasteiger partial charge is 0.453 e. The highest BCUT2D eigenvalue weighted by Gasteiger charge is 2.22. The summed E-state index contributed by atoms with van der Waals surface area (Å²) in [5, 5.41) is 2.27. The minimum atomic E-state index is -0.810. The van der Waals surface area contributed by atoms with Gasteiger partial charge in [-0.1, -0.05) is 13.8 Å². The molecule has 0 bridgehead atoms. The maximum atomic E-state index is 10.7. The highest BCUT2D eigenvalue weighted by atomic mass is 16.5. The van der Waals surface area contributed by atoms with Crippen LogP contribution in [0.15, 0.2) is 0 Å². The minimum absolute atomic E-state index is 0.103. The van der Waals surface area contributed by atoms with Gasteiger partial charge in [0, 0.05) is 0 Å². The van der Waals surface area contributed by atoms with E-state index in [1.165, 1.54) is 7.11 Å². The lowest BCUT2D eigenvalue weighted by molar-refractivity contribution is -0.121. The van der Waals surface area contributed by atoms with Crippen molar-refractivity contribution in [2.45, 2.75) is 19.9 Å². The van der Waals surface area contributed by atoms with E-state index in [2.05, 4.69) is 10.1 Å². The van der Waals surface area contributed by atoms with E-state index >= 15 is 0 Å². The fraction of sp³-hybridized carbons (Fsp3) is 0.714. The molecule has 5 nitrogen and oxygen atoms in total. The first kappa shape index (κ1) is 10.7. The summed E-state index contributed by atoms with van der Waals surface area (Å²) in [7, 11) is 1.21. The standard InChI is InChI=1S/C7H13N2O3/c1-4(2)5(6(8)10)9-7(11)12-3/h4-5,8H,1-3H3,(H,9,11). The molecule has 0 aromatic rings. The van der Waals surface area contributed by atoms with Crippen LogP contribution >= 0.6 is 0 Å². The Morgan fingerprint density at radius 2 is 1.92 bits per heavy atom. The molecule has 0 aromatic heterocycles. The molecule has 0 aromatic carbocycles. The van der Waals surface area contributed by atoms with Gasteiger partial charge < -0.3 is 10.1 Å². The van der Waals surface area contributed by atoms with Crippen molar-refractivity contribution < 1.29 is 14.3 Å². The Balaban J connectivity index is 4.14. The summed E-state index contributed by atoms with van der Waals surface area (Å²) in [6, 6.07) is -0.780. The van der Waals surface area contributed by atoms with E-state index in [4.69, 9.17) is 5.73 Å². The van der Waals surface area contributed by atoms with Crippen LogP contribution in [0, 0.1) is 5.92 Å². The van der Waals surface area contributed by atoms with Gasteiger partial charge in [0.2, 0.25) is 0 Å². The summed E-state index contributed by atoms with van der Waals surface area (Å²) < 4.78 is 4.30. The molecule has 0 aliphatic rings. The van der Waals surface area contributed by atoms with Crippen LogP contribution in [0.4, 0.5) is 4.79 Å². The van der Waals surface area contributed by atoms with Crippen LogP contribution in [0.3, 0.4) is 0 Å². The van der Waals surface area contributed by atoms with Crippen LogP contribution in [0.5, 0.6) is 0 Å². The van der Waals surface area contributed by atoms with E-state index in [0.717, 1.165) is 0 Å². The summed E-state index contributed by atoms with van der Waals surface area (Å²) in [5.74, 6) is -0.912. The molecule has 0 saturated carbocycles. The van der Waals surface area contributed by atoms with E-state index in [0.29, 0.717) is 0 Å². The summed E-state index contributed by atoms with van der Waals surface area (Å²) in [4.78, 5) is 21.3. The molecular weight excluding hydrogens is 160 g/mol. The van der Waals surface area contributed by atoms with Crippen molar-refractivity contribution in [3.05, 3.63) is 0 Å². The molecule has 5 heteroatoms. The summed E-state index contributed by atoms with van der Waals surface area (Å²) in [6.45, 7) is 3.49. The predicted molar refractivity (Wildman–Crippen MR) is 42.3 cm³/mol. The van der Waals surface area contributed by atoms with Gasteiger partial charge in [0.1, 0.15) is 6.04 Å². The molecular formula is C7H13N2O3. The summed E-state index contributed by atoms with van der Waals surface area (Å²) in [5.41, 5.74) is 6.82. The fourth-order valence-electron chi connectivity index (χ4n) is 0.721. The number of ether oxygens (including phenoxy) is 1. The van der Waals surface area contributed by atoms with Gasteiger partial charge in [0.25, 0.3) is 5.91 Å². The topological polar surface area (TPSA) is 79.2 Å². The zero-order valence-corrected chi connectivity index (χ0v) is 7.38. The quantitative estimate of drug-likeness (QED) is 0.661. The number of methoxy groups -OCH3 is 1.